The molecule has 0 saturated heterocycles. The lowest BCUT2D eigenvalue weighted by atomic mass is 9.97. The van der Waals surface area contributed by atoms with E-state index in [4.69, 9.17) is 0 Å². The number of hydrogen-bond donors (Lipinski definition) is 0. The summed E-state index contributed by atoms with van der Waals surface area (Å²) in [5, 5.41) is 0. The zero-order valence-electron chi connectivity index (χ0n) is 12.5. The lowest BCUT2D eigenvalue weighted by Gasteiger charge is -2.10. The molecule has 0 radical (unpaired) electrons. The third-order valence-electron chi connectivity index (χ3n) is 3.71. The number of rotatable bonds is 2. The Labute approximate surface area is 135 Å². The molecule has 3 aromatic rings. The first-order chi connectivity index (χ1) is 11.4. The Kier molecular flexibility index (Phi) is 4.09. The number of benzene rings is 3. The molecular formula is C19H11F5. The summed E-state index contributed by atoms with van der Waals surface area (Å²) in [5.41, 5.74) is 1.36. The molecule has 0 N–H and O–H groups in total. The molecule has 0 aliphatic carbocycles. The van der Waals surface area contributed by atoms with E-state index in [1.165, 1.54) is 18.2 Å². The smallest absolute Gasteiger partial charge is 0.200 e. The van der Waals surface area contributed by atoms with Crippen LogP contribution in [-0.2, 0) is 0 Å². The van der Waals surface area contributed by atoms with Gasteiger partial charge in [0.2, 0.25) is 5.82 Å². The minimum Gasteiger partial charge on any atom is -0.203 e. The number of hydrogen-bond acceptors (Lipinski definition) is 0. The van der Waals surface area contributed by atoms with Gasteiger partial charge < -0.3 is 0 Å². The van der Waals surface area contributed by atoms with Gasteiger partial charge >= 0.3 is 0 Å². The molecule has 0 aromatic heterocycles. The molecule has 0 nitrogen and oxygen atoms in total. The highest BCUT2D eigenvalue weighted by molar-refractivity contribution is 5.74. The van der Waals surface area contributed by atoms with Gasteiger partial charge in [0, 0.05) is 0 Å². The van der Waals surface area contributed by atoms with Crippen molar-refractivity contribution in [2.24, 2.45) is 0 Å². The normalized spacial score (nSPS) is 10.9. The predicted octanol–water partition coefficient (Wildman–Crippen LogP) is 6.02. The Balaban J connectivity index is 2.21. The summed E-state index contributed by atoms with van der Waals surface area (Å²) in [7, 11) is 0. The monoisotopic (exact) mass is 334 g/mol. The van der Waals surface area contributed by atoms with Crippen LogP contribution in [0.4, 0.5) is 22.0 Å². The van der Waals surface area contributed by atoms with Gasteiger partial charge in [0.05, 0.1) is 5.56 Å². The molecule has 3 aromatic carbocycles. The summed E-state index contributed by atoms with van der Waals surface area (Å²) >= 11 is 0. The standard InChI is InChI=1S/C19H11F5/c1-10-4-2-5-11(8-10)12-6-3-7-13(9-12)14-15(20)17(22)19(24)18(23)16(14)21/h2-9H,1H3. The Morgan fingerprint density at radius 2 is 1.00 bits per heavy atom. The van der Waals surface area contributed by atoms with Gasteiger partial charge in [-0.15, -0.1) is 0 Å². The van der Waals surface area contributed by atoms with Crippen LogP contribution >= 0.6 is 0 Å². The van der Waals surface area contributed by atoms with Crippen LogP contribution in [0.25, 0.3) is 22.3 Å². The van der Waals surface area contributed by atoms with Crippen molar-refractivity contribution in [2.75, 3.05) is 0 Å². The first kappa shape index (κ1) is 16.2. The van der Waals surface area contributed by atoms with Gasteiger partial charge in [0.1, 0.15) is 0 Å². The summed E-state index contributed by atoms with van der Waals surface area (Å²) in [6.45, 7) is 1.89. The van der Waals surface area contributed by atoms with Crippen molar-refractivity contribution in [2.45, 2.75) is 6.92 Å². The van der Waals surface area contributed by atoms with E-state index in [0.717, 1.165) is 11.1 Å². The second kappa shape index (κ2) is 6.07. The summed E-state index contributed by atoms with van der Waals surface area (Å²) in [4.78, 5) is 0. The van der Waals surface area contributed by atoms with E-state index in [1.807, 2.05) is 25.1 Å². The molecule has 3 rings (SSSR count). The molecule has 122 valence electrons. The van der Waals surface area contributed by atoms with Crippen molar-refractivity contribution in [3.05, 3.63) is 83.2 Å². The summed E-state index contributed by atoms with van der Waals surface area (Å²) < 4.78 is 67.9. The van der Waals surface area contributed by atoms with Crippen LogP contribution in [0.15, 0.2) is 48.5 Å². The molecule has 0 saturated carbocycles. The highest BCUT2D eigenvalue weighted by atomic mass is 19.2. The molecule has 0 atom stereocenters. The fraction of sp³-hybridized carbons (Fsp3) is 0.0526. The minimum atomic E-state index is -2.16. The molecule has 24 heavy (non-hydrogen) atoms. The molecule has 0 fully saturated rings. The van der Waals surface area contributed by atoms with E-state index >= 15 is 0 Å². The number of aryl methyl sites for hydroxylation is 1. The quantitative estimate of drug-likeness (QED) is 0.305. The molecule has 0 aliphatic heterocycles. The van der Waals surface area contributed by atoms with E-state index in [9.17, 15) is 22.0 Å². The maximum atomic E-state index is 14.0. The molecule has 0 bridgehead atoms. The van der Waals surface area contributed by atoms with Crippen LogP contribution in [0.5, 0.6) is 0 Å². The minimum absolute atomic E-state index is 0.0817. The fourth-order valence-electron chi connectivity index (χ4n) is 2.54. The molecule has 0 heterocycles. The Morgan fingerprint density at radius 1 is 0.542 bits per heavy atom. The van der Waals surface area contributed by atoms with Gasteiger partial charge in [-0.2, -0.15) is 0 Å². The second-order valence-electron chi connectivity index (χ2n) is 5.40. The van der Waals surface area contributed by atoms with Crippen molar-refractivity contribution in [3.8, 4) is 22.3 Å². The van der Waals surface area contributed by atoms with Crippen molar-refractivity contribution >= 4 is 0 Å². The summed E-state index contributed by atoms with van der Waals surface area (Å²) in [6, 6.07) is 13.3. The van der Waals surface area contributed by atoms with Crippen LogP contribution in [-0.4, -0.2) is 0 Å². The average molecular weight is 334 g/mol. The zero-order chi connectivity index (χ0) is 17.4. The lowest BCUT2D eigenvalue weighted by molar-refractivity contribution is 0.381. The van der Waals surface area contributed by atoms with E-state index < -0.39 is 34.6 Å². The first-order valence-electron chi connectivity index (χ1n) is 7.09. The van der Waals surface area contributed by atoms with Crippen LogP contribution < -0.4 is 0 Å². The molecule has 0 aliphatic rings. The van der Waals surface area contributed by atoms with E-state index in [2.05, 4.69) is 0 Å². The second-order valence-corrected chi connectivity index (χ2v) is 5.40. The van der Waals surface area contributed by atoms with Gasteiger partial charge in [0.25, 0.3) is 0 Å². The van der Waals surface area contributed by atoms with Crippen LogP contribution in [0.1, 0.15) is 5.56 Å². The Morgan fingerprint density at radius 3 is 1.58 bits per heavy atom. The SMILES string of the molecule is Cc1cccc(-c2cccc(-c3c(F)c(F)c(F)c(F)c3F)c2)c1. The van der Waals surface area contributed by atoms with Gasteiger partial charge in [-0.1, -0.05) is 48.0 Å². The molecular weight excluding hydrogens is 323 g/mol. The first-order valence-corrected chi connectivity index (χ1v) is 7.09. The van der Waals surface area contributed by atoms with E-state index in [1.54, 1.807) is 12.1 Å². The topological polar surface area (TPSA) is 0 Å². The van der Waals surface area contributed by atoms with Crippen LogP contribution in [0.3, 0.4) is 0 Å². The van der Waals surface area contributed by atoms with Crippen molar-refractivity contribution in [1.29, 1.82) is 0 Å². The molecule has 0 spiro atoms. The number of halogens is 5. The van der Waals surface area contributed by atoms with Gasteiger partial charge in [-0.3, -0.25) is 0 Å². The van der Waals surface area contributed by atoms with Crippen molar-refractivity contribution < 1.29 is 22.0 Å². The lowest BCUT2D eigenvalue weighted by Crippen LogP contribution is -2.04. The molecule has 0 amide bonds. The summed E-state index contributed by atoms with van der Waals surface area (Å²) in [6.07, 6.45) is 0. The Bertz CT molecular complexity index is 902. The maximum absolute atomic E-state index is 14.0. The highest BCUT2D eigenvalue weighted by Crippen LogP contribution is 2.33. The largest absolute Gasteiger partial charge is 0.203 e. The molecule has 5 heteroatoms. The molecule has 0 unspecified atom stereocenters. The zero-order valence-corrected chi connectivity index (χ0v) is 12.5. The van der Waals surface area contributed by atoms with Gasteiger partial charge in [-0.25, -0.2) is 22.0 Å². The van der Waals surface area contributed by atoms with Gasteiger partial charge in [0.15, 0.2) is 23.3 Å². The van der Waals surface area contributed by atoms with Crippen molar-refractivity contribution in [1.82, 2.24) is 0 Å². The van der Waals surface area contributed by atoms with Crippen LogP contribution in [0.2, 0.25) is 0 Å². The maximum Gasteiger partial charge on any atom is 0.200 e. The Hall–Kier alpha value is -2.69. The third kappa shape index (κ3) is 2.66. The van der Waals surface area contributed by atoms with Crippen molar-refractivity contribution in [3.63, 3.8) is 0 Å². The summed E-state index contributed by atoms with van der Waals surface area (Å²) in [5.74, 6) is -9.75. The fourth-order valence-corrected chi connectivity index (χ4v) is 2.54. The van der Waals surface area contributed by atoms with E-state index in [-0.39, 0.29) is 5.56 Å². The van der Waals surface area contributed by atoms with Gasteiger partial charge in [-0.05, 0) is 29.7 Å². The third-order valence-corrected chi connectivity index (χ3v) is 3.71. The van der Waals surface area contributed by atoms with E-state index in [0.29, 0.717) is 5.56 Å². The predicted molar refractivity (Wildman–Crippen MR) is 81.8 cm³/mol. The average Bonchev–Trinajstić information content (AvgIpc) is 2.59. The highest BCUT2D eigenvalue weighted by Gasteiger charge is 2.26. The van der Waals surface area contributed by atoms with Crippen LogP contribution in [0, 0.1) is 36.0 Å².